The molecule has 1 saturated carbocycles. The van der Waals surface area contributed by atoms with Crippen LogP contribution in [0.1, 0.15) is 67.8 Å². The summed E-state index contributed by atoms with van der Waals surface area (Å²) in [5.41, 5.74) is 0.169. The van der Waals surface area contributed by atoms with Crippen LogP contribution in [0.5, 0.6) is 0 Å². The van der Waals surface area contributed by atoms with E-state index in [1.165, 1.54) is 0 Å². The standard InChI is InChI=1S/C16H22N4O2/c1-11(2)20-10-6-7-13(20)14(21)18-16(8-4-5-9-16)15-17-12(3)22-19-15/h6-7,10-11H,4-5,8-9H2,1-3H3,(H,18,21). The molecule has 0 saturated heterocycles. The van der Waals surface area contributed by atoms with E-state index in [0.717, 1.165) is 25.7 Å². The number of aryl methyl sites for hydroxylation is 1. The van der Waals surface area contributed by atoms with Crippen LogP contribution in [0.3, 0.4) is 0 Å². The Hall–Kier alpha value is -2.11. The zero-order chi connectivity index (χ0) is 15.7. The Labute approximate surface area is 129 Å². The Bertz CT molecular complexity index is 665. The zero-order valence-electron chi connectivity index (χ0n) is 13.3. The number of carbonyl (C=O) groups excluding carboxylic acids is 1. The molecule has 0 atom stereocenters. The average molecular weight is 302 g/mol. The molecule has 1 fully saturated rings. The van der Waals surface area contributed by atoms with Crippen molar-refractivity contribution in [1.29, 1.82) is 0 Å². The lowest BCUT2D eigenvalue weighted by Crippen LogP contribution is -2.45. The molecule has 0 aliphatic heterocycles. The number of nitrogens with zero attached hydrogens (tertiary/aromatic N) is 3. The Kier molecular flexibility index (Phi) is 3.76. The minimum absolute atomic E-state index is 0.0805. The molecule has 2 aromatic rings. The van der Waals surface area contributed by atoms with Crippen molar-refractivity contribution in [3.8, 4) is 0 Å². The van der Waals surface area contributed by atoms with E-state index in [-0.39, 0.29) is 11.9 Å². The first-order chi connectivity index (χ1) is 10.5. The predicted octanol–water partition coefficient (Wildman–Crippen LogP) is 2.96. The second-order valence-corrected chi connectivity index (χ2v) is 6.27. The fourth-order valence-corrected chi connectivity index (χ4v) is 3.19. The van der Waals surface area contributed by atoms with Crippen LogP contribution >= 0.6 is 0 Å². The molecule has 0 spiro atoms. The van der Waals surface area contributed by atoms with Gasteiger partial charge in [0.25, 0.3) is 5.91 Å². The second kappa shape index (κ2) is 5.59. The van der Waals surface area contributed by atoms with Gasteiger partial charge in [0.1, 0.15) is 11.2 Å². The molecular formula is C16H22N4O2. The van der Waals surface area contributed by atoms with E-state index in [1.807, 2.05) is 22.9 Å². The lowest BCUT2D eigenvalue weighted by atomic mass is 9.96. The van der Waals surface area contributed by atoms with Gasteiger partial charge >= 0.3 is 0 Å². The Balaban J connectivity index is 1.88. The Morgan fingerprint density at radius 2 is 2.14 bits per heavy atom. The molecule has 6 nitrogen and oxygen atoms in total. The molecule has 1 N–H and O–H groups in total. The summed E-state index contributed by atoms with van der Waals surface area (Å²) in [5.74, 6) is 1.04. The first-order valence-electron chi connectivity index (χ1n) is 7.82. The van der Waals surface area contributed by atoms with Gasteiger partial charge in [-0.05, 0) is 38.8 Å². The molecule has 6 heteroatoms. The van der Waals surface area contributed by atoms with Crippen LogP contribution in [-0.2, 0) is 5.54 Å². The number of aromatic nitrogens is 3. The highest BCUT2D eigenvalue weighted by Crippen LogP contribution is 2.37. The number of amides is 1. The minimum Gasteiger partial charge on any atom is -0.341 e. The molecule has 1 aliphatic carbocycles. The number of hydrogen-bond acceptors (Lipinski definition) is 4. The van der Waals surface area contributed by atoms with Crippen LogP contribution in [-0.4, -0.2) is 20.6 Å². The summed E-state index contributed by atoms with van der Waals surface area (Å²) >= 11 is 0. The van der Waals surface area contributed by atoms with Crippen molar-refractivity contribution in [2.24, 2.45) is 0 Å². The maximum Gasteiger partial charge on any atom is 0.268 e. The molecule has 1 amide bonds. The second-order valence-electron chi connectivity index (χ2n) is 6.27. The third-order valence-corrected chi connectivity index (χ3v) is 4.33. The molecule has 3 rings (SSSR count). The van der Waals surface area contributed by atoms with Gasteiger partial charge in [-0.2, -0.15) is 4.98 Å². The van der Waals surface area contributed by atoms with E-state index >= 15 is 0 Å². The van der Waals surface area contributed by atoms with Gasteiger partial charge in [0, 0.05) is 19.2 Å². The van der Waals surface area contributed by atoms with Crippen molar-refractivity contribution in [3.05, 3.63) is 35.7 Å². The van der Waals surface area contributed by atoms with E-state index in [2.05, 4.69) is 29.3 Å². The van der Waals surface area contributed by atoms with Gasteiger partial charge in [0.15, 0.2) is 5.82 Å². The lowest BCUT2D eigenvalue weighted by Gasteiger charge is -2.27. The number of nitrogens with one attached hydrogen (secondary N) is 1. The molecule has 22 heavy (non-hydrogen) atoms. The summed E-state index contributed by atoms with van der Waals surface area (Å²) in [4.78, 5) is 17.1. The normalized spacial score (nSPS) is 17.1. The molecule has 0 bridgehead atoms. The summed E-state index contributed by atoms with van der Waals surface area (Å²) in [7, 11) is 0. The molecular weight excluding hydrogens is 280 g/mol. The van der Waals surface area contributed by atoms with Gasteiger partial charge in [0.2, 0.25) is 5.89 Å². The third-order valence-electron chi connectivity index (χ3n) is 4.33. The topological polar surface area (TPSA) is 73.0 Å². The van der Waals surface area contributed by atoms with Gasteiger partial charge in [-0.1, -0.05) is 18.0 Å². The quantitative estimate of drug-likeness (QED) is 0.942. The van der Waals surface area contributed by atoms with E-state index in [0.29, 0.717) is 17.4 Å². The molecule has 118 valence electrons. The maximum absolute atomic E-state index is 12.8. The van der Waals surface area contributed by atoms with Crippen molar-refractivity contribution in [3.63, 3.8) is 0 Å². The average Bonchev–Trinajstić information content (AvgIpc) is 3.17. The van der Waals surface area contributed by atoms with Crippen molar-refractivity contribution in [2.45, 2.75) is 58.0 Å². The van der Waals surface area contributed by atoms with Gasteiger partial charge in [-0.25, -0.2) is 0 Å². The summed E-state index contributed by atoms with van der Waals surface area (Å²) < 4.78 is 7.09. The lowest BCUT2D eigenvalue weighted by molar-refractivity contribution is 0.0880. The van der Waals surface area contributed by atoms with E-state index in [9.17, 15) is 4.79 Å². The first-order valence-corrected chi connectivity index (χ1v) is 7.82. The molecule has 0 radical (unpaired) electrons. The molecule has 2 heterocycles. The van der Waals surface area contributed by atoms with Crippen molar-refractivity contribution >= 4 is 5.91 Å². The summed E-state index contributed by atoms with van der Waals surface area (Å²) in [6.07, 6.45) is 5.73. The SMILES string of the molecule is Cc1nc(C2(NC(=O)c3cccn3C(C)C)CCCC2)no1. The highest BCUT2D eigenvalue weighted by Gasteiger charge is 2.41. The first kappa shape index (κ1) is 14.8. The van der Waals surface area contributed by atoms with Gasteiger partial charge < -0.3 is 14.4 Å². The highest BCUT2D eigenvalue weighted by atomic mass is 16.5. The Morgan fingerprint density at radius 1 is 1.41 bits per heavy atom. The van der Waals surface area contributed by atoms with Crippen LogP contribution in [0, 0.1) is 6.92 Å². The highest BCUT2D eigenvalue weighted by molar-refractivity contribution is 5.93. The molecule has 2 aromatic heterocycles. The largest absolute Gasteiger partial charge is 0.341 e. The van der Waals surface area contributed by atoms with Crippen molar-refractivity contribution < 1.29 is 9.32 Å². The van der Waals surface area contributed by atoms with Gasteiger partial charge in [-0.15, -0.1) is 0 Å². The Morgan fingerprint density at radius 3 is 2.73 bits per heavy atom. The number of carbonyl (C=O) groups is 1. The maximum atomic E-state index is 12.8. The zero-order valence-corrected chi connectivity index (χ0v) is 13.3. The third kappa shape index (κ3) is 2.53. The van der Waals surface area contributed by atoms with Crippen molar-refractivity contribution in [1.82, 2.24) is 20.0 Å². The van der Waals surface area contributed by atoms with Crippen LogP contribution in [0.25, 0.3) is 0 Å². The molecule has 1 aliphatic rings. The van der Waals surface area contributed by atoms with E-state index in [4.69, 9.17) is 4.52 Å². The number of rotatable bonds is 4. The van der Waals surface area contributed by atoms with Crippen molar-refractivity contribution in [2.75, 3.05) is 0 Å². The van der Waals surface area contributed by atoms with Crippen LogP contribution in [0.2, 0.25) is 0 Å². The van der Waals surface area contributed by atoms with Crippen LogP contribution in [0.4, 0.5) is 0 Å². The van der Waals surface area contributed by atoms with Crippen LogP contribution in [0.15, 0.2) is 22.9 Å². The fourth-order valence-electron chi connectivity index (χ4n) is 3.19. The minimum atomic E-state index is -0.499. The van der Waals surface area contributed by atoms with Gasteiger partial charge in [-0.3, -0.25) is 4.79 Å². The summed E-state index contributed by atoms with van der Waals surface area (Å²) in [5, 5.41) is 7.23. The molecule has 0 unspecified atom stereocenters. The summed E-state index contributed by atoms with van der Waals surface area (Å²) in [6, 6.07) is 3.98. The van der Waals surface area contributed by atoms with E-state index in [1.54, 1.807) is 6.92 Å². The van der Waals surface area contributed by atoms with Gasteiger partial charge in [0.05, 0.1) is 0 Å². The fraction of sp³-hybridized carbons (Fsp3) is 0.562. The molecule has 0 aromatic carbocycles. The smallest absolute Gasteiger partial charge is 0.268 e. The predicted molar refractivity (Wildman–Crippen MR) is 81.5 cm³/mol. The summed E-state index contributed by atoms with van der Waals surface area (Å²) in [6.45, 7) is 5.89. The number of hydrogen-bond donors (Lipinski definition) is 1. The van der Waals surface area contributed by atoms with E-state index < -0.39 is 5.54 Å². The van der Waals surface area contributed by atoms with Crippen LogP contribution < -0.4 is 5.32 Å². The monoisotopic (exact) mass is 302 g/mol.